The fourth-order valence-electron chi connectivity index (χ4n) is 4.70. The standard InChI is InChI=1S/C24H29F2N5O3S/c1-23(2)22(27)31-24(3,20-6-4-5-11-29-35(20,23)33)21-17(26)9-7-15(30-21)12-19(32)18-10-8-16(13-28-18)34-14-25/h7-10,13,20H,4-6,11-12,14H2,1-3H3,(H2,27,31)/t20-,24-,35-/m0/s1. The first kappa shape index (κ1) is 25.2. The van der Waals surface area contributed by atoms with Crippen LogP contribution in [0.3, 0.4) is 0 Å². The molecule has 0 amide bonds. The Morgan fingerprint density at radius 3 is 2.69 bits per heavy atom. The number of pyridine rings is 2. The molecule has 188 valence electrons. The third kappa shape index (κ3) is 4.30. The van der Waals surface area contributed by atoms with Crippen LogP contribution in [0.15, 0.2) is 39.8 Å². The molecule has 0 aliphatic carbocycles. The summed E-state index contributed by atoms with van der Waals surface area (Å²) < 4.78 is 50.2. The monoisotopic (exact) mass is 505 g/mol. The fraction of sp³-hybridized carbons (Fsp3) is 0.500. The number of rotatable bonds is 6. The maximum absolute atomic E-state index is 15.2. The Morgan fingerprint density at radius 1 is 1.23 bits per heavy atom. The molecule has 0 bridgehead atoms. The Kier molecular flexibility index (Phi) is 6.65. The lowest BCUT2D eigenvalue weighted by molar-refractivity contribution is 0.0986. The van der Waals surface area contributed by atoms with Crippen molar-refractivity contribution in [1.82, 2.24) is 9.97 Å². The number of Topliss-reactive ketones (excluding diaryl/α,β-unsaturated/α-hetero) is 1. The Balaban J connectivity index is 1.73. The predicted molar refractivity (Wildman–Crippen MR) is 129 cm³/mol. The van der Waals surface area contributed by atoms with Crippen molar-refractivity contribution in [3.05, 3.63) is 53.4 Å². The molecule has 3 atom stereocenters. The summed E-state index contributed by atoms with van der Waals surface area (Å²) in [7, 11) is -2.91. The quantitative estimate of drug-likeness (QED) is 0.598. The molecule has 2 aliphatic heterocycles. The number of aliphatic imine (C=N–C) groups is 1. The number of halogens is 2. The number of ether oxygens (including phenoxy) is 1. The van der Waals surface area contributed by atoms with E-state index in [9.17, 15) is 13.4 Å². The summed E-state index contributed by atoms with van der Waals surface area (Å²) >= 11 is 0. The van der Waals surface area contributed by atoms with Crippen LogP contribution in [-0.2, 0) is 21.7 Å². The number of amidine groups is 1. The first-order chi connectivity index (χ1) is 16.5. The number of aromatic nitrogens is 2. The van der Waals surface area contributed by atoms with Gasteiger partial charge in [-0.05, 0) is 57.9 Å². The van der Waals surface area contributed by atoms with E-state index < -0.39 is 37.9 Å². The Morgan fingerprint density at radius 2 is 2.00 bits per heavy atom. The van der Waals surface area contributed by atoms with Crippen LogP contribution in [0.1, 0.15) is 61.9 Å². The minimum Gasteiger partial charge on any atom is -0.461 e. The van der Waals surface area contributed by atoms with E-state index in [4.69, 9.17) is 10.5 Å². The van der Waals surface area contributed by atoms with Crippen LogP contribution >= 0.6 is 0 Å². The summed E-state index contributed by atoms with van der Waals surface area (Å²) in [4.78, 5) is 26.0. The highest BCUT2D eigenvalue weighted by Crippen LogP contribution is 2.46. The smallest absolute Gasteiger partial charge is 0.228 e. The maximum atomic E-state index is 15.2. The number of fused-ring (bicyclic) bond motifs is 1. The van der Waals surface area contributed by atoms with Gasteiger partial charge in [-0.3, -0.25) is 14.8 Å². The number of hydrogen-bond donors (Lipinski definition) is 1. The van der Waals surface area contributed by atoms with E-state index in [0.717, 1.165) is 12.8 Å². The number of hydrogen-bond acceptors (Lipinski definition) is 8. The third-order valence-corrected chi connectivity index (χ3v) is 10.5. The number of carbonyl (C=O) groups excluding carboxylic acids is 1. The van der Waals surface area contributed by atoms with Crippen molar-refractivity contribution in [3.63, 3.8) is 0 Å². The second kappa shape index (κ2) is 9.25. The van der Waals surface area contributed by atoms with Gasteiger partial charge in [-0.1, -0.05) is 6.42 Å². The molecule has 0 radical (unpaired) electrons. The fourth-order valence-corrected chi connectivity index (χ4v) is 7.93. The van der Waals surface area contributed by atoms with Gasteiger partial charge in [0.2, 0.25) is 6.86 Å². The highest BCUT2D eigenvalue weighted by atomic mass is 32.2. The van der Waals surface area contributed by atoms with Gasteiger partial charge in [0, 0.05) is 12.2 Å². The van der Waals surface area contributed by atoms with Gasteiger partial charge in [0.1, 0.15) is 39.1 Å². The summed E-state index contributed by atoms with van der Waals surface area (Å²) in [5, 5.41) is -0.586. The van der Waals surface area contributed by atoms with Gasteiger partial charge in [-0.15, -0.1) is 0 Å². The van der Waals surface area contributed by atoms with Crippen LogP contribution in [-0.4, -0.2) is 49.2 Å². The van der Waals surface area contributed by atoms with Crippen LogP contribution < -0.4 is 10.5 Å². The minimum atomic E-state index is -2.91. The summed E-state index contributed by atoms with van der Waals surface area (Å²) in [6.45, 7) is 4.69. The Labute approximate surface area is 203 Å². The van der Waals surface area contributed by atoms with Gasteiger partial charge in [-0.2, -0.15) is 0 Å². The third-order valence-electron chi connectivity index (χ3n) is 6.84. The van der Waals surface area contributed by atoms with E-state index in [1.165, 1.54) is 30.5 Å². The van der Waals surface area contributed by atoms with E-state index in [1.54, 1.807) is 20.8 Å². The molecule has 2 aliphatic rings. The SMILES string of the molecule is CC1(C)C(N)=N[C@](C)(c2nc(CC(=O)c3ccc(OCF)cn3)ccc2F)[C@@H]2CCCCN=[S@]21=O. The molecule has 2 aromatic rings. The highest BCUT2D eigenvalue weighted by Gasteiger charge is 2.56. The van der Waals surface area contributed by atoms with Crippen molar-refractivity contribution >= 4 is 21.3 Å². The molecule has 4 heterocycles. The largest absolute Gasteiger partial charge is 0.461 e. The number of alkyl halides is 1. The second-order valence-corrected chi connectivity index (χ2v) is 12.4. The van der Waals surface area contributed by atoms with Crippen LogP contribution in [0.2, 0.25) is 0 Å². The maximum Gasteiger partial charge on any atom is 0.228 e. The highest BCUT2D eigenvalue weighted by molar-refractivity contribution is 7.96. The summed E-state index contributed by atoms with van der Waals surface area (Å²) in [6, 6.07) is 5.53. The number of carbonyl (C=O) groups is 1. The molecule has 35 heavy (non-hydrogen) atoms. The summed E-state index contributed by atoms with van der Waals surface area (Å²) in [6.07, 6.45) is 3.21. The Hall–Kier alpha value is -2.95. The zero-order valence-corrected chi connectivity index (χ0v) is 20.8. The number of ketones is 1. The van der Waals surface area contributed by atoms with E-state index in [0.29, 0.717) is 18.7 Å². The molecular weight excluding hydrogens is 476 g/mol. The van der Waals surface area contributed by atoms with Crippen molar-refractivity contribution < 1.29 is 22.5 Å². The lowest BCUT2D eigenvalue weighted by atomic mass is 9.88. The number of nitrogens with two attached hydrogens (primary N) is 1. The van der Waals surface area contributed by atoms with E-state index in [1.807, 2.05) is 0 Å². The van der Waals surface area contributed by atoms with Gasteiger partial charge in [0.05, 0.1) is 27.6 Å². The lowest BCUT2D eigenvalue weighted by Gasteiger charge is -2.46. The van der Waals surface area contributed by atoms with Crippen LogP contribution in [0, 0.1) is 5.82 Å². The van der Waals surface area contributed by atoms with Crippen molar-refractivity contribution in [2.75, 3.05) is 13.4 Å². The lowest BCUT2D eigenvalue weighted by Crippen LogP contribution is -2.59. The molecule has 4 rings (SSSR count). The molecule has 0 aromatic carbocycles. The molecule has 0 saturated carbocycles. The van der Waals surface area contributed by atoms with Crippen LogP contribution in [0.4, 0.5) is 8.78 Å². The van der Waals surface area contributed by atoms with Gasteiger partial charge >= 0.3 is 0 Å². The molecule has 0 fully saturated rings. The van der Waals surface area contributed by atoms with E-state index >= 15 is 4.39 Å². The second-order valence-electron chi connectivity index (χ2n) is 9.43. The topological polar surface area (TPSA) is 120 Å². The normalized spacial score (nSPS) is 27.7. The molecule has 0 saturated heterocycles. The molecule has 0 unspecified atom stereocenters. The molecule has 2 N–H and O–H groups in total. The van der Waals surface area contributed by atoms with Gasteiger partial charge in [0.15, 0.2) is 5.78 Å². The molecule has 2 aromatic heterocycles. The zero-order chi connectivity index (χ0) is 25.4. The Bertz CT molecular complexity index is 1290. The zero-order valence-electron chi connectivity index (χ0n) is 20.0. The van der Waals surface area contributed by atoms with Crippen LogP contribution in [0.25, 0.3) is 0 Å². The predicted octanol–water partition coefficient (Wildman–Crippen LogP) is 3.73. The van der Waals surface area contributed by atoms with Crippen molar-refractivity contribution in [2.24, 2.45) is 15.1 Å². The first-order valence-corrected chi connectivity index (χ1v) is 13.0. The summed E-state index contributed by atoms with van der Waals surface area (Å²) in [5.41, 5.74) is 5.45. The molecule has 0 spiro atoms. The van der Waals surface area contributed by atoms with Gasteiger partial charge < -0.3 is 10.5 Å². The molecular formula is C24H29F2N5O3S. The van der Waals surface area contributed by atoms with Crippen molar-refractivity contribution in [1.29, 1.82) is 0 Å². The van der Waals surface area contributed by atoms with Gasteiger partial charge in [0.25, 0.3) is 0 Å². The van der Waals surface area contributed by atoms with Gasteiger partial charge in [-0.25, -0.2) is 22.3 Å². The molecule has 11 heteroatoms. The average Bonchev–Trinajstić information content (AvgIpc) is 3.03. The minimum absolute atomic E-state index is 0.00396. The van der Waals surface area contributed by atoms with Crippen LogP contribution in [0.5, 0.6) is 5.75 Å². The summed E-state index contributed by atoms with van der Waals surface area (Å²) in [5.74, 6) is -0.619. The average molecular weight is 506 g/mol. The first-order valence-electron chi connectivity index (χ1n) is 11.4. The van der Waals surface area contributed by atoms with Crippen molar-refractivity contribution in [2.45, 2.75) is 62.0 Å². The van der Waals surface area contributed by atoms with E-state index in [2.05, 4.69) is 19.3 Å². The van der Waals surface area contributed by atoms with Crippen molar-refractivity contribution in [3.8, 4) is 5.75 Å². The number of nitrogens with zero attached hydrogens (tertiary/aromatic N) is 4. The van der Waals surface area contributed by atoms with E-state index in [-0.39, 0.29) is 35.2 Å². The molecule has 8 nitrogen and oxygen atoms in total.